The summed E-state index contributed by atoms with van der Waals surface area (Å²) in [5.74, 6) is 0.106. The minimum absolute atomic E-state index is 0.146. The van der Waals surface area contributed by atoms with Crippen molar-refractivity contribution in [3.05, 3.63) is 73.3 Å². The molecule has 2 heterocycles. The van der Waals surface area contributed by atoms with Gasteiger partial charge in [-0.3, -0.25) is 18.7 Å². The zero-order chi connectivity index (χ0) is 23.6. The van der Waals surface area contributed by atoms with Gasteiger partial charge >= 0.3 is 0 Å². The predicted octanol–water partition coefficient (Wildman–Crippen LogP) is 1.96. The van der Waals surface area contributed by atoms with Crippen LogP contribution in [0.1, 0.15) is 0 Å². The Morgan fingerprint density at radius 1 is 0.676 bits per heavy atom. The minimum atomic E-state index is -0.146. The molecule has 2 amide bonds. The third-order valence-electron chi connectivity index (χ3n) is 4.54. The fourth-order valence-corrected chi connectivity index (χ4v) is 4.46. The van der Waals surface area contributed by atoms with Gasteiger partial charge in [-0.25, -0.2) is 0 Å². The molecule has 0 bridgehead atoms. The van der Waals surface area contributed by atoms with Crippen LogP contribution < -0.4 is 10.6 Å². The molecule has 0 unspecified atom stereocenters. The van der Waals surface area contributed by atoms with Gasteiger partial charge in [0, 0.05) is 24.5 Å². The van der Waals surface area contributed by atoms with Gasteiger partial charge in [0.05, 0.1) is 11.5 Å². The summed E-state index contributed by atoms with van der Waals surface area (Å²) >= 11 is 2.60. The van der Waals surface area contributed by atoms with Gasteiger partial charge in [-0.05, 0) is 24.3 Å². The molecule has 2 aromatic carbocycles. The van der Waals surface area contributed by atoms with Crippen molar-refractivity contribution >= 4 is 35.3 Å². The van der Waals surface area contributed by atoms with Crippen molar-refractivity contribution in [1.29, 1.82) is 0 Å². The van der Waals surface area contributed by atoms with E-state index >= 15 is 0 Å². The van der Waals surface area contributed by atoms with Crippen molar-refractivity contribution in [3.63, 3.8) is 0 Å². The summed E-state index contributed by atoms with van der Waals surface area (Å²) < 4.78 is 3.66. The molecule has 2 aromatic heterocycles. The lowest BCUT2D eigenvalue weighted by Gasteiger charge is -2.08. The second-order valence-corrected chi connectivity index (χ2v) is 8.80. The van der Waals surface area contributed by atoms with Gasteiger partial charge in [-0.1, -0.05) is 59.9 Å². The van der Waals surface area contributed by atoms with E-state index < -0.39 is 0 Å². The van der Waals surface area contributed by atoms with Crippen LogP contribution in [0.2, 0.25) is 0 Å². The first-order chi connectivity index (χ1) is 16.7. The van der Waals surface area contributed by atoms with E-state index in [9.17, 15) is 9.59 Å². The van der Waals surface area contributed by atoms with Crippen LogP contribution in [0.4, 0.5) is 0 Å². The third-order valence-corrected chi connectivity index (χ3v) is 6.42. The van der Waals surface area contributed by atoms with Crippen LogP contribution in [-0.4, -0.2) is 65.9 Å². The van der Waals surface area contributed by atoms with Crippen LogP contribution in [0.25, 0.3) is 11.4 Å². The van der Waals surface area contributed by atoms with E-state index in [2.05, 4.69) is 31.0 Å². The van der Waals surface area contributed by atoms with E-state index in [0.29, 0.717) is 23.4 Å². The average Bonchev–Trinajstić information content (AvgIpc) is 3.55. The monoisotopic (exact) mass is 494 g/mol. The number of carbonyl (C=O) groups excluding carboxylic acids is 2. The standard InChI is InChI=1S/C22H22N8O2S2/c31-19(13-33-21-27-25-15-29(21)17-7-3-1-4-8-17)23-11-12-24-20(32)14-34-22-28-26-16-30(22)18-9-5-2-6-10-18/h1-10,15-16H,11-14H2,(H,23,31)(H,24,32). The van der Waals surface area contributed by atoms with E-state index in [1.165, 1.54) is 23.5 Å². The maximum Gasteiger partial charge on any atom is 0.230 e. The van der Waals surface area contributed by atoms with Crippen molar-refractivity contribution in [2.24, 2.45) is 0 Å². The Morgan fingerprint density at radius 3 is 1.50 bits per heavy atom. The quantitative estimate of drug-likeness (QED) is 0.240. The molecule has 0 saturated carbocycles. The first-order valence-corrected chi connectivity index (χ1v) is 12.4. The number of nitrogens with one attached hydrogen (secondary N) is 2. The van der Waals surface area contributed by atoms with Gasteiger partial charge in [0.25, 0.3) is 0 Å². The summed E-state index contributed by atoms with van der Waals surface area (Å²) in [6, 6.07) is 19.4. The van der Waals surface area contributed by atoms with E-state index in [0.717, 1.165) is 11.4 Å². The lowest BCUT2D eigenvalue weighted by molar-refractivity contribution is -0.120. The Morgan fingerprint density at radius 2 is 1.09 bits per heavy atom. The number of benzene rings is 2. The van der Waals surface area contributed by atoms with Crippen LogP contribution in [0.5, 0.6) is 0 Å². The molecular weight excluding hydrogens is 472 g/mol. The molecular formula is C22H22N8O2S2. The molecule has 0 spiro atoms. The highest BCUT2D eigenvalue weighted by Crippen LogP contribution is 2.20. The lowest BCUT2D eigenvalue weighted by atomic mass is 10.3. The summed E-state index contributed by atoms with van der Waals surface area (Å²) in [5, 5.41) is 22.9. The van der Waals surface area contributed by atoms with Gasteiger partial charge in [0.2, 0.25) is 11.8 Å². The van der Waals surface area contributed by atoms with Crippen LogP contribution in [-0.2, 0) is 9.59 Å². The molecule has 4 aromatic rings. The number of nitrogens with zero attached hydrogens (tertiary/aromatic N) is 6. The number of aromatic nitrogens is 6. The lowest BCUT2D eigenvalue weighted by Crippen LogP contribution is -2.36. The number of amides is 2. The minimum Gasteiger partial charge on any atom is -0.354 e. The normalized spacial score (nSPS) is 10.7. The van der Waals surface area contributed by atoms with Crippen molar-refractivity contribution in [3.8, 4) is 11.4 Å². The molecule has 10 nitrogen and oxygen atoms in total. The first-order valence-electron chi connectivity index (χ1n) is 10.4. The molecule has 4 rings (SSSR count). The van der Waals surface area contributed by atoms with Crippen molar-refractivity contribution in [2.45, 2.75) is 10.3 Å². The molecule has 0 saturated heterocycles. The SMILES string of the molecule is O=C(CSc1nncn1-c1ccccc1)NCCNC(=O)CSc1nncn1-c1ccccc1. The van der Waals surface area contributed by atoms with Crippen molar-refractivity contribution in [1.82, 2.24) is 40.2 Å². The molecule has 0 radical (unpaired) electrons. The third kappa shape index (κ3) is 6.45. The fourth-order valence-electron chi connectivity index (χ4n) is 2.94. The van der Waals surface area contributed by atoms with Crippen LogP contribution in [0.3, 0.4) is 0 Å². The Hall–Kier alpha value is -3.64. The predicted molar refractivity (Wildman–Crippen MR) is 130 cm³/mol. The van der Waals surface area contributed by atoms with Gasteiger partial charge in [0.15, 0.2) is 10.3 Å². The summed E-state index contributed by atoms with van der Waals surface area (Å²) in [6.45, 7) is 0.669. The Bertz CT molecular complexity index is 1120. The Balaban J connectivity index is 1.14. The second-order valence-electron chi connectivity index (χ2n) is 6.92. The summed E-state index contributed by atoms with van der Waals surface area (Å²) in [6.07, 6.45) is 3.23. The van der Waals surface area contributed by atoms with Crippen LogP contribution >= 0.6 is 23.5 Å². The van der Waals surface area contributed by atoms with Crippen molar-refractivity contribution in [2.75, 3.05) is 24.6 Å². The molecule has 0 aliphatic heterocycles. The highest BCUT2D eigenvalue weighted by molar-refractivity contribution is 8.00. The van der Waals surface area contributed by atoms with E-state index in [1.54, 1.807) is 12.7 Å². The van der Waals surface area contributed by atoms with Crippen molar-refractivity contribution < 1.29 is 9.59 Å². The zero-order valence-corrected chi connectivity index (χ0v) is 19.7. The molecule has 0 atom stereocenters. The number of rotatable bonds is 11. The molecule has 174 valence electrons. The number of para-hydroxylation sites is 2. The van der Waals surface area contributed by atoms with Gasteiger partial charge < -0.3 is 10.6 Å². The highest BCUT2D eigenvalue weighted by Gasteiger charge is 2.11. The summed E-state index contributed by atoms with van der Waals surface area (Å²) in [5.41, 5.74) is 1.86. The fraction of sp³-hybridized carbons (Fsp3) is 0.182. The first kappa shape index (κ1) is 23.5. The number of thioether (sulfide) groups is 2. The van der Waals surface area contributed by atoms with Crippen LogP contribution in [0.15, 0.2) is 83.6 Å². The van der Waals surface area contributed by atoms with E-state index in [4.69, 9.17) is 0 Å². The average molecular weight is 495 g/mol. The maximum absolute atomic E-state index is 12.2. The topological polar surface area (TPSA) is 120 Å². The Kier molecular flexibility index (Phi) is 8.30. The summed E-state index contributed by atoms with van der Waals surface area (Å²) in [7, 11) is 0. The smallest absolute Gasteiger partial charge is 0.230 e. The van der Waals surface area contributed by atoms with E-state index in [-0.39, 0.29) is 23.3 Å². The van der Waals surface area contributed by atoms with Gasteiger partial charge in [-0.15, -0.1) is 20.4 Å². The zero-order valence-electron chi connectivity index (χ0n) is 18.1. The molecule has 34 heavy (non-hydrogen) atoms. The number of hydrogen-bond acceptors (Lipinski definition) is 8. The molecule has 0 fully saturated rings. The summed E-state index contributed by atoms with van der Waals surface area (Å²) in [4.78, 5) is 24.3. The highest BCUT2D eigenvalue weighted by atomic mass is 32.2. The van der Waals surface area contributed by atoms with Gasteiger partial charge in [0.1, 0.15) is 12.7 Å². The largest absolute Gasteiger partial charge is 0.354 e. The number of hydrogen-bond donors (Lipinski definition) is 2. The Labute approximate surface area is 204 Å². The number of carbonyl (C=O) groups is 2. The van der Waals surface area contributed by atoms with E-state index in [1.807, 2.05) is 69.8 Å². The van der Waals surface area contributed by atoms with Gasteiger partial charge in [-0.2, -0.15) is 0 Å². The maximum atomic E-state index is 12.2. The molecule has 0 aliphatic carbocycles. The molecule has 2 N–H and O–H groups in total. The molecule has 0 aliphatic rings. The molecule has 12 heteroatoms. The van der Waals surface area contributed by atoms with Crippen LogP contribution in [0, 0.1) is 0 Å². The second kappa shape index (κ2) is 12.0.